The molecule has 0 radical (unpaired) electrons. The van der Waals surface area contributed by atoms with E-state index >= 15 is 0 Å². The Kier molecular flexibility index (Phi) is 10.00. The molecule has 190 valence electrons. The molecule has 0 bridgehead atoms. The summed E-state index contributed by atoms with van der Waals surface area (Å²) < 4.78 is 2.90. The lowest BCUT2D eigenvalue weighted by atomic mass is 10.0. The van der Waals surface area contributed by atoms with Crippen LogP contribution in [0.4, 0.5) is 0 Å². The molecule has 3 aromatic rings. The zero-order valence-corrected chi connectivity index (χ0v) is 22.1. The number of hydrogen-bond acceptors (Lipinski definition) is 5. The van der Waals surface area contributed by atoms with Gasteiger partial charge in [-0.05, 0) is 70.8 Å². The first-order valence-corrected chi connectivity index (χ1v) is 12.7. The highest BCUT2D eigenvalue weighted by molar-refractivity contribution is 14.1. The lowest BCUT2D eigenvalue weighted by Gasteiger charge is -2.19. The maximum Gasteiger partial charge on any atom is 0.335 e. The van der Waals surface area contributed by atoms with E-state index in [0.717, 1.165) is 33.4 Å². The lowest BCUT2D eigenvalue weighted by molar-refractivity contribution is -0.129. The third-order valence-electron chi connectivity index (χ3n) is 5.75. The highest BCUT2D eigenvalue weighted by Crippen LogP contribution is 2.16. The molecule has 36 heavy (non-hydrogen) atoms. The molecule has 0 fully saturated rings. The van der Waals surface area contributed by atoms with Crippen molar-refractivity contribution in [2.45, 2.75) is 51.6 Å². The average molecular weight is 604 g/mol. The summed E-state index contributed by atoms with van der Waals surface area (Å²) in [6.07, 6.45) is 4.40. The molecule has 3 rings (SSSR count). The van der Waals surface area contributed by atoms with Gasteiger partial charge in [0.2, 0.25) is 5.91 Å². The van der Waals surface area contributed by atoms with Crippen molar-refractivity contribution in [3.63, 3.8) is 0 Å². The van der Waals surface area contributed by atoms with Crippen molar-refractivity contribution in [2.24, 2.45) is 0 Å². The van der Waals surface area contributed by atoms with Gasteiger partial charge >= 0.3 is 5.97 Å². The number of aromatic carboxylic acids is 1. The molecule has 9 nitrogen and oxygen atoms in total. The van der Waals surface area contributed by atoms with Gasteiger partial charge in [-0.25, -0.2) is 15.3 Å². The van der Waals surface area contributed by atoms with Gasteiger partial charge in [-0.1, -0.05) is 37.6 Å². The fourth-order valence-corrected chi connectivity index (χ4v) is 4.21. The fraction of sp³-hybridized carbons (Fsp3) is 0.308. The Hall–Kier alpha value is -3.25. The van der Waals surface area contributed by atoms with Crippen LogP contribution in [-0.2, 0) is 24.2 Å². The number of unbranched alkanes of at least 4 members (excludes halogenated alkanes) is 1. The monoisotopic (exact) mass is 604 g/mol. The number of nitrogens with one attached hydrogen (secondary N) is 2. The quantitative estimate of drug-likeness (QED) is 0.141. The van der Waals surface area contributed by atoms with Crippen LogP contribution in [0.1, 0.15) is 64.0 Å². The molecule has 2 amide bonds. The van der Waals surface area contributed by atoms with Crippen molar-refractivity contribution in [1.29, 1.82) is 0 Å². The summed E-state index contributed by atoms with van der Waals surface area (Å²) in [5.41, 5.74) is 3.95. The Morgan fingerprint density at radius 2 is 1.72 bits per heavy atom. The van der Waals surface area contributed by atoms with Crippen LogP contribution in [0.15, 0.2) is 54.7 Å². The van der Waals surface area contributed by atoms with Crippen LogP contribution in [0.2, 0.25) is 0 Å². The van der Waals surface area contributed by atoms with E-state index in [2.05, 4.69) is 39.8 Å². The number of aromatic nitrogens is 2. The van der Waals surface area contributed by atoms with Crippen LogP contribution in [0.3, 0.4) is 0 Å². The first-order valence-electron chi connectivity index (χ1n) is 11.7. The smallest absolute Gasteiger partial charge is 0.335 e. The van der Waals surface area contributed by atoms with Crippen molar-refractivity contribution in [2.75, 3.05) is 0 Å². The number of carboxylic acid groups (broad SMARTS) is 1. The van der Waals surface area contributed by atoms with Crippen molar-refractivity contribution < 1.29 is 24.7 Å². The summed E-state index contributed by atoms with van der Waals surface area (Å²) in [6.45, 7) is 2.42. The second-order valence-corrected chi connectivity index (χ2v) is 9.74. The van der Waals surface area contributed by atoms with Crippen molar-refractivity contribution in [1.82, 2.24) is 20.3 Å². The van der Waals surface area contributed by atoms with E-state index in [9.17, 15) is 14.4 Å². The molecule has 1 aromatic heterocycles. The van der Waals surface area contributed by atoms with Crippen LogP contribution in [0.25, 0.3) is 0 Å². The van der Waals surface area contributed by atoms with Crippen LogP contribution in [-0.4, -0.2) is 43.7 Å². The molecule has 4 N–H and O–H groups in total. The second kappa shape index (κ2) is 13.2. The Balaban J connectivity index is 1.85. The maximum atomic E-state index is 13.4. The van der Waals surface area contributed by atoms with E-state index in [-0.39, 0.29) is 17.9 Å². The zero-order valence-electron chi connectivity index (χ0n) is 19.9. The maximum absolute atomic E-state index is 13.4. The minimum atomic E-state index is -1.00. The molecule has 10 heteroatoms. The SMILES string of the molecule is CCCCc1ncc(C(=O)NC(CC(=O)NO)Cc2ccc(I)cc2)n1Cc1ccc(C(=O)O)cc1. The van der Waals surface area contributed by atoms with Crippen LogP contribution in [0, 0.1) is 3.57 Å². The van der Waals surface area contributed by atoms with E-state index in [0.29, 0.717) is 25.1 Å². The van der Waals surface area contributed by atoms with Gasteiger partial charge in [0.15, 0.2) is 0 Å². The molecule has 1 heterocycles. The molecule has 1 unspecified atom stereocenters. The van der Waals surface area contributed by atoms with E-state index in [1.54, 1.807) is 17.6 Å². The van der Waals surface area contributed by atoms with Crippen LogP contribution >= 0.6 is 22.6 Å². The minimum absolute atomic E-state index is 0.0955. The van der Waals surface area contributed by atoms with Crippen molar-refractivity contribution in [3.05, 3.63) is 86.5 Å². The summed E-state index contributed by atoms with van der Waals surface area (Å²) in [7, 11) is 0. The first kappa shape index (κ1) is 27.3. The highest BCUT2D eigenvalue weighted by Gasteiger charge is 2.22. The summed E-state index contributed by atoms with van der Waals surface area (Å²) in [5.74, 6) is -1.22. The van der Waals surface area contributed by atoms with Gasteiger partial charge in [0.1, 0.15) is 11.5 Å². The van der Waals surface area contributed by atoms with E-state index in [4.69, 9.17) is 10.3 Å². The van der Waals surface area contributed by atoms with Crippen LogP contribution < -0.4 is 10.8 Å². The lowest BCUT2D eigenvalue weighted by Crippen LogP contribution is -2.41. The fourth-order valence-electron chi connectivity index (χ4n) is 3.85. The standard InChI is InChI=1S/C26H29IN4O5/c1-2-3-4-23-28-15-22(31(23)16-18-5-9-19(10-6-18)26(34)35)25(33)29-21(14-24(32)30-36)13-17-7-11-20(27)12-8-17/h5-12,15,21,36H,2-4,13-14,16H2,1H3,(H,29,33)(H,30,32)(H,34,35). The minimum Gasteiger partial charge on any atom is -0.478 e. The Morgan fingerprint density at radius 1 is 1.06 bits per heavy atom. The molecular formula is C26H29IN4O5. The van der Waals surface area contributed by atoms with Gasteiger partial charge in [0, 0.05) is 29.0 Å². The van der Waals surface area contributed by atoms with Crippen molar-refractivity contribution >= 4 is 40.4 Å². The number of aryl methyl sites for hydroxylation is 1. The Morgan fingerprint density at radius 3 is 2.33 bits per heavy atom. The molecule has 0 aliphatic carbocycles. The predicted octanol–water partition coefficient (Wildman–Crippen LogP) is 3.81. The normalized spacial score (nSPS) is 11.6. The number of amides is 2. The number of hydrogen-bond donors (Lipinski definition) is 4. The van der Waals surface area contributed by atoms with Gasteiger partial charge in [-0.2, -0.15) is 0 Å². The number of imidazole rings is 1. The molecule has 0 aliphatic heterocycles. The highest BCUT2D eigenvalue weighted by atomic mass is 127. The number of halogens is 1. The average Bonchev–Trinajstić information content (AvgIpc) is 3.26. The number of carbonyl (C=O) groups is 3. The third-order valence-corrected chi connectivity index (χ3v) is 6.47. The zero-order chi connectivity index (χ0) is 26.1. The number of rotatable bonds is 12. The molecule has 0 saturated carbocycles. The van der Waals surface area contributed by atoms with Gasteiger partial charge in [0.25, 0.3) is 5.91 Å². The number of nitrogens with zero attached hydrogens (tertiary/aromatic N) is 2. The van der Waals surface area contributed by atoms with Gasteiger partial charge in [0.05, 0.1) is 11.8 Å². The second-order valence-electron chi connectivity index (χ2n) is 8.49. The molecule has 0 aliphatic rings. The molecule has 1 atom stereocenters. The molecule has 0 spiro atoms. The topological polar surface area (TPSA) is 134 Å². The van der Waals surface area contributed by atoms with E-state index in [1.807, 2.05) is 28.8 Å². The van der Waals surface area contributed by atoms with Crippen molar-refractivity contribution in [3.8, 4) is 0 Å². The number of carboxylic acids is 1. The Labute approximate surface area is 223 Å². The predicted molar refractivity (Wildman–Crippen MR) is 142 cm³/mol. The van der Waals surface area contributed by atoms with Gasteiger partial charge < -0.3 is 15.0 Å². The number of carbonyl (C=O) groups excluding carboxylic acids is 2. The third kappa shape index (κ3) is 7.62. The first-order chi connectivity index (χ1) is 17.3. The summed E-state index contributed by atoms with van der Waals surface area (Å²) in [6, 6.07) is 13.7. The largest absolute Gasteiger partial charge is 0.478 e. The number of hydroxylamine groups is 1. The van der Waals surface area contributed by atoms with Gasteiger partial charge in [-0.3, -0.25) is 14.8 Å². The Bertz CT molecular complexity index is 1190. The van der Waals surface area contributed by atoms with Gasteiger partial charge in [-0.15, -0.1) is 0 Å². The molecule has 0 saturated heterocycles. The summed E-state index contributed by atoms with van der Waals surface area (Å²) in [5, 5.41) is 21.1. The summed E-state index contributed by atoms with van der Waals surface area (Å²) in [4.78, 5) is 40.9. The van der Waals surface area contributed by atoms with E-state index < -0.39 is 17.9 Å². The summed E-state index contributed by atoms with van der Waals surface area (Å²) >= 11 is 2.21. The van der Waals surface area contributed by atoms with Crippen LogP contribution in [0.5, 0.6) is 0 Å². The molecule has 2 aromatic carbocycles. The molecular weight excluding hydrogens is 575 g/mol. The number of benzene rings is 2. The van der Waals surface area contributed by atoms with E-state index in [1.165, 1.54) is 18.3 Å².